The average Bonchev–Trinajstić information content (AvgIpc) is 3.09. The van der Waals surface area contributed by atoms with Gasteiger partial charge in [0.1, 0.15) is 0 Å². The van der Waals surface area contributed by atoms with E-state index in [1.54, 1.807) is 0 Å². The second kappa shape index (κ2) is 4.45. The maximum Gasteiger partial charge on any atom is 0.0328 e. The minimum absolute atomic E-state index is 0.209. The van der Waals surface area contributed by atoms with E-state index in [4.69, 9.17) is 5.73 Å². The van der Waals surface area contributed by atoms with Gasteiger partial charge in [0.25, 0.3) is 0 Å². The van der Waals surface area contributed by atoms with Crippen LogP contribution in [0.15, 0.2) is 6.07 Å². The van der Waals surface area contributed by atoms with Crippen molar-refractivity contribution in [3.63, 3.8) is 0 Å². The quantitative estimate of drug-likeness (QED) is 0.837. The second-order valence-corrected chi connectivity index (χ2v) is 5.90. The van der Waals surface area contributed by atoms with Gasteiger partial charge in [0.2, 0.25) is 0 Å². The first-order valence-electron chi connectivity index (χ1n) is 6.76. The summed E-state index contributed by atoms with van der Waals surface area (Å²) >= 11 is 0. The van der Waals surface area contributed by atoms with Crippen molar-refractivity contribution in [3.8, 4) is 0 Å². The van der Waals surface area contributed by atoms with Crippen molar-refractivity contribution in [2.45, 2.75) is 53.5 Å². The molecule has 1 aromatic rings. The van der Waals surface area contributed by atoms with E-state index in [1.165, 1.54) is 40.7 Å². The zero-order valence-corrected chi connectivity index (χ0v) is 11.8. The predicted molar refractivity (Wildman–Crippen MR) is 74.2 cm³/mol. The largest absolute Gasteiger partial charge is 0.324 e. The van der Waals surface area contributed by atoms with Gasteiger partial charge < -0.3 is 5.73 Å². The molecule has 1 aliphatic rings. The number of rotatable bonds is 3. The Kier molecular flexibility index (Phi) is 3.31. The molecule has 2 rings (SSSR count). The minimum atomic E-state index is 0.209. The molecule has 0 amide bonds. The summed E-state index contributed by atoms with van der Waals surface area (Å²) in [6.07, 6.45) is 2.75. The van der Waals surface area contributed by atoms with E-state index in [1.807, 2.05) is 0 Å². The van der Waals surface area contributed by atoms with E-state index in [0.29, 0.717) is 5.92 Å². The van der Waals surface area contributed by atoms with Crippen LogP contribution < -0.4 is 5.73 Å². The first kappa shape index (κ1) is 12.6. The van der Waals surface area contributed by atoms with Crippen LogP contribution in [-0.4, -0.2) is 0 Å². The molecule has 0 bridgehead atoms. The Hall–Kier alpha value is -0.820. The lowest BCUT2D eigenvalue weighted by molar-refractivity contribution is 0.414. The first-order chi connectivity index (χ1) is 7.93. The topological polar surface area (TPSA) is 26.0 Å². The van der Waals surface area contributed by atoms with Crippen LogP contribution in [-0.2, 0) is 0 Å². The van der Waals surface area contributed by atoms with Crippen molar-refractivity contribution >= 4 is 0 Å². The molecule has 2 N–H and O–H groups in total. The lowest BCUT2D eigenvalue weighted by Gasteiger charge is -2.26. The fraction of sp³-hybridized carbons (Fsp3) is 0.625. The maximum absolute atomic E-state index is 6.52. The van der Waals surface area contributed by atoms with Gasteiger partial charge in [-0.2, -0.15) is 0 Å². The standard InChI is InChI=1S/C16H25N/c1-9-8-10(2)12(4)15(11(9)3)16(17)13(5)14-6-7-14/h8,13-14,16H,6-7,17H2,1-5H3. The van der Waals surface area contributed by atoms with Crippen molar-refractivity contribution < 1.29 is 0 Å². The zero-order chi connectivity index (χ0) is 12.7. The summed E-state index contributed by atoms with van der Waals surface area (Å²) in [5, 5.41) is 0. The highest BCUT2D eigenvalue weighted by molar-refractivity contribution is 5.45. The predicted octanol–water partition coefficient (Wildman–Crippen LogP) is 3.97. The molecule has 1 nitrogen and oxygen atoms in total. The molecule has 1 aromatic carbocycles. The number of benzene rings is 1. The summed E-state index contributed by atoms with van der Waals surface area (Å²) in [6, 6.07) is 2.49. The molecule has 94 valence electrons. The molecule has 0 radical (unpaired) electrons. The molecule has 0 aromatic heterocycles. The third-order valence-corrected chi connectivity index (χ3v) is 4.69. The SMILES string of the molecule is Cc1cc(C)c(C)c(C(N)C(C)C2CC2)c1C. The molecule has 2 unspecified atom stereocenters. The normalized spacial score (nSPS) is 19.2. The van der Waals surface area contributed by atoms with Gasteiger partial charge in [0, 0.05) is 6.04 Å². The molecule has 1 saturated carbocycles. The molecule has 0 spiro atoms. The van der Waals surface area contributed by atoms with Gasteiger partial charge in [0.15, 0.2) is 0 Å². The van der Waals surface area contributed by atoms with Crippen molar-refractivity contribution in [3.05, 3.63) is 33.9 Å². The van der Waals surface area contributed by atoms with Crippen molar-refractivity contribution in [2.75, 3.05) is 0 Å². The van der Waals surface area contributed by atoms with Crippen molar-refractivity contribution in [1.82, 2.24) is 0 Å². The van der Waals surface area contributed by atoms with Gasteiger partial charge >= 0.3 is 0 Å². The van der Waals surface area contributed by atoms with Crippen LogP contribution in [0, 0.1) is 39.5 Å². The first-order valence-corrected chi connectivity index (χ1v) is 6.76. The van der Waals surface area contributed by atoms with Crippen LogP contribution in [0.25, 0.3) is 0 Å². The summed E-state index contributed by atoms with van der Waals surface area (Å²) in [5.41, 5.74) is 13.5. The van der Waals surface area contributed by atoms with Crippen molar-refractivity contribution in [1.29, 1.82) is 0 Å². The van der Waals surface area contributed by atoms with E-state index < -0.39 is 0 Å². The highest BCUT2D eigenvalue weighted by atomic mass is 14.7. The summed E-state index contributed by atoms with van der Waals surface area (Å²) in [4.78, 5) is 0. The highest BCUT2D eigenvalue weighted by Gasteiger charge is 2.33. The molecule has 17 heavy (non-hydrogen) atoms. The summed E-state index contributed by atoms with van der Waals surface area (Å²) in [5.74, 6) is 1.48. The van der Waals surface area contributed by atoms with E-state index in [0.717, 1.165) is 5.92 Å². The smallest absolute Gasteiger partial charge is 0.0328 e. The summed E-state index contributed by atoms with van der Waals surface area (Å²) < 4.78 is 0. The van der Waals surface area contributed by atoms with Crippen LogP contribution in [0.2, 0.25) is 0 Å². The third kappa shape index (κ3) is 2.26. The zero-order valence-electron chi connectivity index (χ0n) is 11.8. The summed E-state index contributed by atoms with van der Waals surface area (Å²) in [6.45, 7) is 11.1. The fourth-order valence-electron chi connectivity index (χ4n) is 2.93. The van der Waals surface area contributed by atoms with Gasteiger partial charge in [0.05, 0.1) is 0 Å². The Labute approximate surface area is 105 Å². The van der Waals surface area contributed by atoms with Crippen LogP contribution in [0.1, 0.15) is 53.6 Å². The molecule has 0 saturated heterocycles. The van der Waals surface area contributed by atoms with E-state index >= 15 is 0 Å². The molecule has 0 heterocycles. The minimum Gasteiger partial charge on any atom is -0.324 e. The summed E-state index contributed by atoms with van der Waals surface area (Å²) in [7, 11) is 0. The lowest BCUT2D eigenvalue weighted by atomic mass is 9.83. The van der Waals surface area contributed by atoms with Crippen LogP contribution in [0.3, 0.4) is 0 Å². The van der Waals surface area contributed by atoms with Gasteiger partial charge in [-0.15, -0.1) is 0 Å². The molecule has 2 atom stereocenters. The Morgan fingerprint density at radius 2 is 1.53 bits per heavy atom. The van der Waals surface area contributed by atoms with Crippen LogP contribution >= 0.6 is 0 Å². The van der Waals surface area contributed by atoms with Gasteiger partial charge in [-0.05, 0) is 80.2 Å². The Morgan fingerprint density at radius 1 is 1.06 bits per heavy atom. The maximum atomic E-state index is 6.52. The van der Waals surface area contributed by atoms with Crippen molar-refractivity contribution in [2.24, 2.45) is 17.6 Å². The van der Waals surface area contributed by atoms with E-state index in [-0.39, 0.29) is 6.04 Å². The molecule has 0 aliphatic heterocycles. The van der Waals surface area contributed by atoms with E-state index in [2.05, 4.69) is 40.7 Å². The fourth-order valence-corrected chi connectivity index (χ4v) is 2.93. The molecule has 1 fully saturated rings. The van der Waals surface area contributed by atoms with Gasteiger partial charge in [-0.3, -0.25) is 0 Å². The molecular formula is C16H25N. The van der Waals surface area contributed by atoms with E-state index in [9.17, 15) is 0 Å². The Morgan fingerprint density at radius 3 is 1.94 bits per heavy atom. The number of hydrogen-bond donors (Lipinski definition) is 1. The van der Waals surface area contributed by atoms with Crippen LogP contribution in [0.4, 0.5) is 0 Å². The Balaban J connectivity index is 2.42. The lowest BCUT2D eigenvalue weighted by Crippen LogP contribution is -2.23. The number of aryl methyl sites for hydroxylation is 2. The Bertz CT molecular complexity index is 403. The monoisotopic (exact) mass is 231 g/mol. The van der Waals surface area contributed by atoms with Crippen LogP contribution in [0.5, 0.6) is 0 Å². The average molecular weight is 231 g/mol. The van der Waals surface area contributed by atoms with Gasteiger partial charge in [-0.25, -0.2) is 0 Å². The number of nitrogens with two attached hydrogens (primary N) is 1. The molecule has 1 aliphatic carbocycles. The molecular weight excluding hydrogens is 206 g/mol. The highest BCUT2D eigenvalue weighted by Crippen LogP contribution is 2.43. The molecule has 1 heteroatoms. The second-order valence-electron chi connectivity index (χ2n) is 5.90. The third-order valence-electron chi connectivity index (χ3n) is 4.69. The van der Waals surface area contributed by atoms with Gasteiger partial charge in [-0.1, -0.05) is 13.0 Å². The number of hydrogen-bond acceptors (Lipinski definition) is 1.